The average Bonchev–Trinajstić information content (AvgIpc) is 2.99. The van der Waals surface area contributed by atoms with Gasteiger partial charge in [0.1, 0.15) is 6.61 Å². The zero-order chi connectivity index (χ0) is 18.8. The molecule has 2 fully saturated rings. The van der Waals surface area contributed by atoms with Crippen LogP contribution in [0.5, 0.6) is 0 Å². The summed E-state index contributed by atoms with van der Waals surface area (Å²) in [5.41, 5.74) is 0. The van der Waals surface area contributed by atoms with Gasteiger partial charge in [-0.25, -0.2) is 22.0 Å². The molecule has 0 radical (unpaired) electrons. The fourth-order valence-corrected chi connectivity index (χ4v) is 4.57. The topological polar surface area (TPSA) is 79.0 Å². The summed E-state index contributed by atoms with van der Waals surface area (Å²) >= 11 is 0. The second kappa shape index (κ2) is 7.45. The Labute approximate surface area is 151 Å². The van der Waals surface area contributed by atoms with E-state index in [9.17, 15) is 22.0 Å². The molecular formula is C16H21F2N3O4S. The van der Waals surface area contributed by atoms with Gasteiger partial charge in [-0.15, -0.1) is 0 Å². The largest absolute Gasteiger partial charge is 0.373 e. The Morgan fingerprint density at radius 1 is 1.23 bits per heavy atom. The number of nitrogens with zero attached hydrogens (tertiary/aromatic N) is 2. The third-order valence-corrected chi connectivity index (χ3v) is 6.27. The minimum atomic E-state index is -3.63. The summed E-state index contributed by atoms with van der Waals surface area (Å²) in [6, 6.07) is 7.00. The molecule has 2 heterocycles. The molecule has 1 atom stereocenters. The van der Waals surface area contributed by atoms with Crippen molar-refractivity contribution in [1.82, 2.24) is 14.5 Å². The van der Waals surface area contributed by atoms with Crippen molar-refractivity contribution < 1.29 is 26.7 Å². The maximum atomic E-state index is 13.6. The number of benzene rings is 1. The lowest BCUT2D eigenvalue weighted by atomic mass is 10.2. The fourth-order valence-electron chi connectivity index (χ4n) is 3.05. The van der Waals surface area contributed by atoms with Gasteiger partial charge in [0, 0.05) is 25.7 Å². The van der Waals surface area contributed by atoms with Crippen LogP contribution in [0.2, 0.25) is 0 Å². The number of ether oxygens (including phenoxy) is 1. The molecule has 3 rings (SSSR count). The van der Waals surface area contributed by atoms with E-state index in [0.29, 0.717) is 6.42 Å². The summed E-state index contributed by atoms with van der Waals surface area (Å²) in [5, 5.41) is 2.66. The summed E-state index contributed by atoms with van der Waals surface area (Å²) in [5.74, 6) is -3.09. The highest BCUT2D eigenvalue weighted by molar-refractivity contribution is 7.89. The molecular weight excluding hydrogens is 368 g/mol. The molecule has 0 aromatic heterocycles. The van der Waals surface area contributed by atoms with Crippen LogP contribution in [0, 0.1) is 0 Å². The van der Waals surface area contributed by atoms with Gasteiger partial charge in [-0.05, 0) is 18.6 Å². The Hall–Kier alpha value is -1.78. The lowest BCUT2D eigenvalue weighted by Gasteiger charge is -2.25. The second-order valence-electron chi connectivity index (χ2n) is 6.44. The smallest absolute Gasteiger partial charge is 0.317 e. The van der Waals surface area contributed by atoms with Gasteiger partial charge in [0.05, 0.1) is 18.0 Å². The van der Waals surface area contributed by atoms with Gasteiger partial charge in [0.25, 0.3) is 5.92 Å². The molecule has 0 unspecified atom stereocenters. The maximum absolute atomic E-state index is 13.6. The van der Waals surface area contributed by atoms with E-state index < -0.39 is 41.2 Å². The molecule has 0 spiro atoms. The van der Waals surface area contributed by atoms with Crippen LogP contribution in [0.3, 0.4) is 0 Å². The molecule has 1 aromatic carbocycles. The zero-order valence-electron chi connectivity index (χ0n) is 14.1. The molecule has 10 heteroatoms. The number of rotatable bonds is 3. The van der Waals surface area contributed by atoms with E-state index in [1.807, 2.05) is 0 Å². The molecule has 7 nitrogen and oxygen atoms in total. The highest BCUT2D eigenvalue weighted by Crippen LogP contribution is 2.22. The Morgan fingerprint density at radius 3 is 2.69 bits per heavy atom. The summed E-state index contributed by atoms with van der Waals surface area (Å²) < 4.78 is 58.4. The molecule has 26 heavy (non-hydrogen) atoms. The average molecular weight is 389 g/mol. The summed E-state index contributed by atoms with van der Waals surface area (Å²) in [4.78, 5) is 13.5. The van der Waals surface area contributed by atoms with E-state index in [4.69, 9.17) is 4.74 Å². The number of carbonyl (C=O) groups is 1. The van der Waals surface area contributed by atoms with Gasteiger partial charge in [0.2, 0.25) is 10.0 Å². The maximum Gasteiger partial charge on any atom is 0.317 e. The Morgan fingerprint density at radius 2 is 1.96 bits per heavy atom. The number of urea groups is 1. The summed E-state index contributed by atoms with van der Waals surface area (Å²) in [7, 11) is -3.63. The van der Waals surface area contributed by atoms with Gasteiger partial charge in [0.15, 0.2) is 0 Å². The molecule has 2 aliphatic rings. The lowest BCUT2D eigenvalue weighted by molar-refractivity contribution is -0.0652. The number of hydrogen-bond acceptors (Lipinski definition) is 4. The Kier molecular flexibility index (Phi) is 5.44. The van der Waals surface area contributed by atoms with Crippen molar-refractivity contribution in [2.24, 2.45) is 0 Å². The number of halogens is 2. The van der Waals surface area contributed by atoms with Crippen molar-refractivity contribution in [2.45, 2.75) is 23.3 Å². The standard InChI is InChI=1S/C16H21F2N3O4S/c17-16(18)11-20(8-9-25-12-16)15(22)19-13-6-7-21(10-13)26(23,24)14-4-2-1-3-5-14/h1-5,13H,6-12H2,(H,19,22)/t13-/m0/s1. The van der Waals surface area contributed by atoms with Gasteiger partial charge >= 0.3 is 6.03 Å². The SMILES string of the molecule is O=C(N[C@H]1CCN(S(=O)(=O)c2ccccc2)C1)N1CCOCC(F)(F)C1. The molecule has 0 bridgehead atoms. The number of nitrogens with one attached hydrogen (secondary N) is 1. The summed E-state index contributed by atoms with van der Waals surface area (Å²) in [6.45, 7) is -0.922. The summed E-state index contributed by atoms with van der Waals surface area (Å²) in [6.07, 6.45) is 0.429. The number of hydrogen-bond donors (Lipinski definition) is 1. The van der Waals surface area contributed by atoms with E-state index in [2.05, 4.69) is 5.32 Å². The quantitative estimate of drug-likeness (QED) is 0.841. The predicted octanol–water partition coefficient (Wildman–Crippen LogP) is 1.13. The highest BCUT2D eigenvalue weighted by atomic mass is 32.2. The third kappa shape index (κ3) is 4.30. The van der Waals surface area contributed by atoms with Gasteiger partial charge in [-0.2, -0.15) is 4.31 Å². The van der Waals surface area contributed by atoms with Crippen molar-refractivity contribution in [1.29, 1.82) is 0 Å². The fraction of sp³-hybridized carbons (Fsp3) is 0.562. The highest BCUT2D eigenvalue weighted by Gasteiger charge is 2.38. The van der Waals surface area contributed by atoms with Crippen LogP contribution in [-0.2, 0) is 14.8 Å². The van der Waals surface area contributed by atoms with Gasteiger partial charge < -0.3 is 15.0 Å². The first kappa shape index (κ1) is 19.0. The minimum Gasteiger partial charge on any atom is -0.373 e. The van der Waals surface area contributed by atoms with Crippen LogP contribution < -0.4 is 5.32 Å². The minimum absolute atomic E-state index is 0.0438. The van der Waals surface area contributed by atoms with Gasteiger partial charge in [-0.3, -0.25) is 0 Å². The van der Waals surface area contributed by atoms with Crippen LogP contribution in [0.15, 0.2) is 35.2 Å². The zero-order valence-corrected chi connectivity index (χ0v) is 14.9. The van der Waals surface area contributed by atoms with E-state index in [-0.39, 0.29) is 31.1 Å². The van der Waals surface area contributed by atoms with Crippen LogP contribution >= 0.6 is 0 Å². The van der Waals surface area contributed by atoms with Crippen molar-refractivity contribution in [3.05, 3.63) is 30.3 Å². The van der Waals surface area contributed by atoms with Crippen molar-refractivity contribution in [3.63, 3.8) is 0 Å². The first-order valence-corrected chi connectivity index (χ1v) is 9.78. The number of sulfonamides is 1. The number of amides is 2. The van der Waals surface area contributed by atoms with Gasteiger partial charge in [-0.1, -0.05) is 18.2 Å². The van der Waals surface area contributed by atoms with Crippen LogP contribution in [0.4, 0.5) is 13.6 Å². The van der Waals surface area contributed by atoms with Crippen molar-refractivity contribution in [2.75, 3.05) is 39.4 Å². The van der Waals surface area contributed by atoms with Crippen LogP contribution in [-0.4, -0.2) is 75.0 Å². The Bertz CT molecular complexity index is 745. The molecule has 0 saturated carbocycles. The normalized spacial score (nSPS) is 24.2. The van der Waals surface area contributed by atoms with Crippen molar-refractivity contribution in [3.8, 4) is 0 Å². The van der Waals surface area contributed by atoms with E-state index in [1.165, 1.54) is 16.4 Å². The predicted molar refractivity (Wildman–Crippen MR) is 89.5 cm³/mol. The van der Waals surface area contributed by atoms with Crippen LogP contribution in [0.1, 0.15) is 6.42 Å². The molecule has 144 valence electrons. The molecule has 2 aliphatic heterocycles. The molecule has 1 N–H and O–H groups in total. The lowest BCUT2D eigenvalue weighted by Crippen LogP contribution is -2.49. The Balaban J connectivity index is 1.60. The first-order chi connectivity index (χ1) is 12.3. The monoisotopic (exact) mass is 389 g/mol. The first-order valence-electron chi connectivity index (χ1n) is 8.34. The number of carbonyl (C=O) groups excluding carboxylic acids is 1. The molecule has 0 aliphatic carbocycles. The van der Waals surface area contributed by atoms with Crippen LogP contribution in [0.25, 0.3) is 0 Å². The van der Waals surface area contributed by atoms with E-state index in [1.54, 1.807) is 18.2 Å². The third-order valence-electron chi connectivity index (χ3n) is 4.39. The molecule has 2 amide bonds. The second-order valence-corrected chi connectivity index (χ2v) is 8.38. The van der Waals surface area contributed by atoms with E-state index >= 15 is 0 Å². The molecule has 1 aromatic rings. The molecule has 2 saturated heterocycles. The van der Waals surface area contributed by atoms with E-state index in [0.717, 1.165) is 4.90 Å². The number of alkyl halides is 2. The van der Waals surface area contributed by atoms with Crippen molar-refractivity contribution >= 4 is 16.1 Å².